The van der Waals surface area contributed by atoms with Crippen LogP contribution in [0.25, 0.3) is 5.69 Å². The normalized spacial score (nSPS) is 11.3. The lowest BCUT2D eigenvalue weighted by molar-refractivity contribution is -0.138. The van der Waals surface area contributed by atoms with E-state index in [9.17, 15) is 9.59 Å². The first-order chi connectivity index (χ1) is 9.39. The van der Waals surface area contributed by atoms with Gasteiger partial charge in [-0.1, -0.05) is 0 Å². The lowest BCUT2D eigenvalue weighted by Crippen LogP contribution is -2.44. The molecule has 0 radical (unpaired) electrons. The highest BCUT2D eigenvalue weighted by Crippen LogP contribution is 2.21. The van der Waals surface area contributed by atoms with E-state index >= 15 is 0 Å². The molecule has 0 unspecified atom stereocenters. The maximum absolute atomic E-state index is 12.2. The van der Waals surface area contributed by atoms with E-state index in [0.717, 1.165) is 0 Å². The van der Waals surface area contributed by atoms with Gasteiger partial charge in [-0.2, -0.15) is 4.68 Å². The van der Waals surface area contributed by atoms with Crippen molar-refractivity contribution in [2.75, 3.05) is 0 Å². The lowest BCUT2D eigenvalue weighted by Gasteiger charge is -2.24. The molecule has 2 aromatic heterocycles. The van der Waals surface area contributed by atoms with E-state index in [1.54, 1.807) is 25.3 Å². The summed E-state index contributed by atoms with van der Waals surface area (Å²) in [6, 6.07) is 1.72. The molecule has 0 atom stereocenters. The highest BCUT2D eigenvalue weighted by Gasteiger charge is 2.26. The molecule has 0 aliphatic rings. The van der Waals surface area contributed by atoms with Crippen molar-refractivity contribution in [1.29, 1.82) is 0 Å². The molecule has 106 valence electrons. The molecule has 2 N–H and O–H groups in total. The number of carbonyl (C=O) groups excluding carboxylic acids is 1. The first-order valence-corrected chi connectivity index (χ1v) is 6.62. The Bertz CT molecular complexity index is 620. The van der Waals surface area contributed by atoms with Crippen molar-refractivity contribution in [2.24, 2.45) is 0 Å². The third kappa shape index (κ3) is 3.18. The maximum atomic E-state index is 12.2. The Balaban J connectivity index is 2.19. The van der Waals surface area contributed by atoms with Gasteiger partial charge in [0.1, 0.15) is 11.2 Å². The molecule has 0 saturated heterocycles. The van der Waals surface area contributed by atoms with Crippen molar-refractivity contribution in [3.8, 4) is 5.69 Å². The first-order valence-electron chi connectivity index (χ1n) is 5.74. The molecule has 1 amide bonds. The minimum Gasteiger partial charge on any atom is -0.481 e. The Labute approximate surface area is 118 Å². The van der Waals surface area contributed by atoms with Crippen LogP contribution in [0.1, 0.15) is 29.9 Å². The van der Waals surface area contributed by atoms with Gasteiger partial charge < -0.3 is 10.4 Å². The number of tetrazole rings is 1. The van der Waals surface area contributed by atoms with E-state index in [1.807, 2.05) is 0 Å². The molecule has 0 spiro atoms. The summed E-state index contributed by atoms with van der Waals surface area (Å²) in [7, 11) is 0. The number of carbonyl (C=O) groups is 2. The summed E-state index contributed by atoms with van der Waals surface area (Å²) in [5.74, 6) is -1.32. The summed E-state index contributed by atoms with van der Waals surface area (Å²) >= 11 is 1.24. The zero-order chi connectivity index (χ0) is 14.8. The maximum Gasteiger partial charge on any atom is 0.305 e. The van der Waals surface area contributed by atoms with E-state index in [1.165, 1.54) is 22.3 Å². The van der Waals surface area contributed by atoms with E-state index in [4.69, 9.17) is 5.11 Å². The number of aromatic nitrogens is 4. The molecule has 0 fully saturated rings. The Hall–Kier alpha value is -2.29. The summed E-state index contributed by atoms with van der Waals surface area (Å²) in [4.78, 5) is 23.4. The quantitative estimate of drug-likeness (QED) is 0.840. The van der Waals surface area contributed by atoms with Gasteiger partial charge in [0.05, 0.1) is 12.1 Å². The van der Waals surface area contributed by atoms with Crippen molar-refractivity contribution in [3.63, 3.8) is 0 Å². The van der Waals surface area contributed by atoms with Crippen LogP contribution in [-0.2, 0) is 4.79 Å². The van der Waals surface area contributed by atoms with Crippen LogP contribution < -0.4 is 5.32 Å². The molecule has 8 nitrogen and oxygen atoms in total. The minimum absolute atomic E-state index is 0.162. The fraction of sp³-hybridized carbons (Fsp3) is 0.364. The molecular formula is C11H13N5O3S. The van der Waals surface area contributed by atoms with Crippen molar-refractivity contribution in [1.82, 2.24) is 25.5 Å². The van der Waals surface area contributed by atoms with E-state index in [2.05, 4.69) is 20.8 Å². The summed E-state index contributed by atoms with van der Waals surface area (Å²) in [5, 5.41) is 24.0. The largest absolute Gasteiger partial charge is 0.481 e. The van der Waals surface area contributed by atoms with Crippen LogP contribution in [0.4, 0.5) is 0 Å². The van der Waals surface area contributed by atoms with Gasteiger partial charge in [0, 0.05) is 5.54 Å². The van der Waals surface area contributed by atoms with Gasteiger partial charge in [-0.15, -0.1) is 16.4 Å². The molecular weight excluding hydrogens is 282 g/mol. The monoisotopic (exact) mass is 295 g/mol. The Kier molecular flexibility index (Phi) is 3.79. The molecule has 0 aromatic carbocycles. The molecule has 2 heterocycles. The molecule has 0 aliphatic heterocycles. The Morgan fingerprint density at radius 3 is 2.85 bits per heavy atom. The standard InChI is InChI=1S/C11H13N5O3S/c1-11(2,5-8(17)18)13-10(19)9-7(3-4-20-9)16-6-12-14-15-16/h3-4,6H,5H2,1-2H3,(H,13,19)(H,17,18). The third-order valence-electron chi connectivity index (χ3n) is 2.49. The molecule has 9 heteroatoms. The molecule has 2 rings (SSSR count). The number of nitrogens with one attached hydrogen (secondary N) is 1. The average molecular weight is 295 g/mol. The van der Waals surface area contributed by atoms with Crippen LogP contribution in [-0.4, -0.2) is 42.7 Å². The van der Waals surface area contributed by atoms with Crippen LogP contribution in [0.15, 0.2) is 17.8 Å². The van der Waals surface area contributed by atoms with Crippen molar-refractivity contribution in [2.45, 2.75) is 25.8 Å². The highest BCUT2D eigenvalue weighted by atomic mass is 32.1. The SMILES string of the molecule is CC(C)(CC(=O)O)NC(=O)c1sccc1-n1cnnn1. The number of amides is 1. The van der Waals surface area contributed by atoms with Gasteiger partial charge in [-0.25, -0.2) is 0 Å². The summed E-state index contributed by atoms with van der Waals surface area (Å²) in [5.41, 5.74) is -0.284. The average Bonchev–Trinajstić information content (AvgIpc) is 2.97. The number of aliphatic carboxylic acids is 1. The first kappa shape index (κ1) is 14.1. The molecule has 0 aliphatic carbocycles. The predicted octanol–water partition coefficient (Wildman–Crippen LogP) is 0.707. The van der Waals surface area contributed by atoms with Crippen molar-refractivity contribution in [3.05, 3.63) is 22.7 Å². The van der Waals surface area contributed by atoms with E-state index in [-0.39, 0.29) is 12.3 Å². The number of hydrogen-bond donors (Lipinski definition) is 2. The van der Waals surface area contributed by atoms with Gasteiger partial charge in [-0.3, -0.25) is 9.59 Å². The molecule has 20 heavy (non-hydrogen) atoms. The number of thiophene rings is 1. The number of hydrogen-bond acceptors (Lipinski definition) is 6. The van der Waals surface area contributed by atoms with E-state index < -0.39 is 11.5 Å². The number of carboxylic acid groups (broad SMARTS) is 1. The Morgan fingerprint density at radius 2 is 2.25 bits per heavy atom. The topological polar surface area (TPSA) is 110 Å². The fourth-order valence-corrected chi connectivity index (χ4v) is 2.48. The zero-order valence-electron chi connectivity index (χ0n) is 10.9. The highest BCUT2D eigenvalue weighted by molar-refractivity contribution is 7.12. The van der Waals surface area contributed by atoms with Gasteiger partial charge in [0.25, 0.3) is 5.91 Å². The van der Waals surface area contributed by atoms with Gasteiger partial charge in [0.15, 0.2) is 0 Å². The molecule has 2 aromatic rings. The smallest absolute Gasteiger partial charge is 0.305 e. The predicted molar refractivity (Wildman–Crippen MR) is 70.8 cm³/mol. The third-order valence-corrected chi connectivity index (χ3v) is 3.39. The van der Waals surface area contributed by atoms with Crippen LogP contribution in [0.5, 0.6) is 0 Å². The molecule has 0 saturated carbocycles. The lowest BCUT2D eigenvalue weighted by atomic mass is 10.0. The van der Waals surface area contributed by atoms with Crippen LogP contribution in [0.3, 0.4) is 0 Å². The summed E-state index contributed by atoms with van der Waals surface area (Å²) < 4.78 is 1.38. The number of rotatable bonds is 5. The second kappa shape index (κ2) is 5.37. The van der Waals surface area contributed by atoms with Crippen LogP contribution in [0, 0.1) is 0 Å². The Morgan fingerprint density at radius 1 is 1.50 bits per heavy atom. The summed E-state index contributed by atoms with van der Waals surface area (Å²) in [6.45, 7) is 3.31. The fourth-order valence-electron chi connectivity index (χ4n) is 1.71. The zero-order valence-corrected chi connectivity index (χ0v) is 11.7. The van der Waals surface area contributed by atoms with Gasteiger partial charge in [-0.05, 0) is 35.7 Å². The van der Waals surface area contributed by atoms with Gasteiger partial charge >= 0.3 is 5.97 Å². The molecule has 0 bridgehead atoms. The van der Waals surface area contributed by atoms with Crippen molar-refractivity contribution < 1.29 is 14.7 Å². The number of carboxylic acids is 1. The van der Waals surface area contributed by atoms with Gasteiger partial charge in [0.2, 0.25) is 0 Å². The van der Waals surface area contributed by atoms with E-state index in [0.29, 0.717) is 10.6 Å². The summed E-state index contributed by atoms with van der Waals surface area (Å²) in [6.07, 6.45) is 1.23. The number of nitrogens with zero attached hydrogens (tertiary/aromatic N) is 4. The van der Waals surface area contributed by atoms with Crippen LogP contribution >= 0.6 is 11.3 Å². The second-order valence-electron chi connectivity index (χ2n) is 4.80. The second-order valence-corrected chi connectivity index (χ2v) is 5.71. The van der Waals surface area contributed by atoms with Crippen molar-refractivity contribution >= 4 is 23.2 Å². The minimum atomic E-state index is -0.970. The van der Waals surface area contributed by atoms with Crippen LogP contribution in [0.2, 0.25) is 0 Å².